The van der Waals surface area contributed by atoms with Gasteiger partial charge in [-0.05, 0) is 38.8 Å². The standard InChI is InChI=1S/C21H25FN4O3S/c1-3-25(4-2)19(28)14-8-7-11-26(12-14)20(29)17-13-30-21(23-17)24-18(27)15-9-5-6-10-16(15)22/h5-6,9-10,13-14H,3-4,7-8,11-12H2,1-2H3,(H,23,24,27). The largest absolute Gasteiger partial charge is 0.343 e. The summed E-state index contributed by atoms with van der Waals surface area (Å²) in [5.41, 5.74) is 0.120. The van der Waals surface area contributed by atoms with Gasteiger partial charge in [-0.25, -0.2) is 9.37 Å². The van der Waals surface area contributed by atoms with E-state index in [0.717, 1.165) is 24.2 Å². The van der Waals surface area contributed by atoms with Gasteiger partial charge in [0, 0.05) is 31.6 Å². The predicted molar refractivity (Wildman–Crippen MR) is 113 cm³/mol. The summed E-state index contributed by atoms with van der Waals surface area (Å²) in [7, 11) is 0. The lowest BCUT2D eigenvalue weighted by atomic mass is 9.96. The summed E-state index contributed by atoms with van der Waals surface area (Å²) < 4.78 is 13.8. The third kappa shape index (κ3) is 4.84. The van der Waals surface area contributed by atoms with E-state index in [-0.39, 0.29) is 34.1 Å². The van der Waals surface area contributed by atoms with Gasteiger partial charge in [0.05, 0.1) is 11.5 Å². The van der Waals surface area contributed by atoms with Crippen molar-refractivity contribution >= 4 is 34.2 Å². The maximum Gasteiger partial charge on any atom is 0.273 e. The molecule has 1 aromatic carbocycles. The van der Waals surface area contributed by atoms with E-state index in [1.807, 2.05) is 13.8 Å². The van der Waals surface area contributed by atoms with E-state index < -0.39 is 11.7 Å². The summed E-state index contributed by atoms with van der Waals surface area (Å²) in [6, 6.07) is 5.66. The second kappa shape index (κ2) is 9.80. The van der Waals surface area contributed by atoms with Gasteiger partial charge in [0.15, 0.2) is 5.13 Å². The molecular weight excluding hydrogens is 407 g/mol. The zero-order valence-corrected chi connectivity index (χ0v) is 17.9. The molecule has 160 valence electrons. The molecule has 1 saturated heterocycles. The smallest absolute Gasteiger partial charge is 0.273 e. The van der Waals surface area contributed by atoms with Crippen molar-refractivity contribution in [3.63, 3.8) is 0 Å². The molecule has 0 radical (unpaired) electrons. The summed E-state index contributed by atoms with van der Waals surface area (Å²) >= 11 is 1.10. The fourth-order valence-corrected chi connectivity index (χ4v) is 4.24. The molecule has 0 bridgehead atoms. The molecule has 30 heavy (non-hydrogen) atoms. The molecule has 1 aliphatic heterocycles. The van der Waals surface area contributed by atoms with Crippen LogP contribution in [0.3, 0.4) is 0 Å². The Morgan fingerprint density at radius 3 is 2.70 bits per heavy atom. The molecule has 2 heterocycles. The third-order valence-corrected chi connectivity index (χ3v) is 5.95. The van der Waals surface area contributed by atoms with Crippen molar-refractivity contribution in [2.24, 2.45) is 5.92 Å². The summed E-state index contributed by atoms with van der Waals surface area (Å²) in [6.45, 7) is 6.12. The number of halogens is 1. The first-order valence-corrected chi connectivity index (χ1v) is 10.9. The summed E-state index contributed by atoms with van der Waals surface area (Å²) in [5, 5.41) is 4.32. The molecule has 1 N–H and O–H groups in total. The monoisotopic (exact) mass is 432 g/mol. The molecule has 2 aromatic rings. The first kappa shape index (κ1) is 21.9. The number of hydrogen-bond acceptors (Lipinski definition) is 5. The molecule has 3 amide bonds. The highest BCUT2D eigenvalue weighted by atomic mass is 32.1. The van der Waals surface area contributed by atoms with Crippen LogP contribution < -0.4 is 5.32 Å². The number of nitrogens with zero attached hydrogens (tertiary/aromatic N) is 3. The summed E-state index contributed by atoms with van der Waals surface area (Å²) in [6.07, 6.45) is 1.52. The lowest BCUT2D eigenvalue weighted by Crippen LogP contribution is -2.46. The van der Waals surface area contributed by atoms with Crippen LogP contribution in [0.5, 0.6) is 0 Å². The molecule has 0 aliphatic carbocycles. The fourth-order valence-electron chi connectivity index (χ4n) is 3.56. The van der Waals surface area contributed by atoms with E-state index in [0.29, 0.717) is 26.2 Å². The van der Waals surface area contributed by atoms with Gasteiger partial charge in [-0.1, -0.05) is 12.1 Å². The van der Waals surface area contributed by atoms with E-state index in [9.17, 15) is 18.8 Å². The Labute approximate surface area is 178 Å². The molecule has 1 aromatic heterocycles. The number of thiazole rings is 1. The van der Waals surface area contributed by atoms with E-state index in [1.165, 1.54) is 18.2 Å². The van der Waals surface area contributed by atoms with Gasteiger partial charge in [0.1, 0.15) is 11.5 Å². The molecule has 1 unspecified atom stereocenters. The van der Waals surface area contributed by atoms with Crippen molar-refractivity contribution in [3.8, 4) is 0 Å². The SMILES string of the molecule is CCN(CC)C(=O)C1CCCN(C(=O)c2csc(NC(=O)c3ccccc3F)n2)C1. The van der Waals surface area contributed by atoms with Crippen molar-refractivity contribution in [2.45, 2.75) is 26.7 Å². The molecule has 3 rings (SSSR count). The van der Waals surface area contributed by atoms with Crippen LogP contribution in [-0.2, 0) is 4.79 Å². The first-order valence-electron chi connectivity index (χ1n) is 10.0. The molecular formula is C21H25FN4O3S. The maximum absolute atomic E-state index is 13.8. The Kier molecular flexibility index (Phi) is 7.15. The lowest BCUT2D eigenvalue weighted by molar-refractivity contribution is -0.136. The van der Waals surface area contributed by atoms with Gasteiger partial charge < -0.3 is 9.80 Å². The predicted octanol–water partition coefficient (Wildman–Crippen LogP) is 3.26. The third-order valence-electron chi connectivity index (χ3n) is 5.20. The molecule has 9 heteroatoms. The molecule has 0 spiro atoms. The normalized spacial score (nSPS) is 16.2. The summed E-state index contributed by atoms with van der Waals surface area (Å²) in [5.74, 6) is -1.64. The quantitative estimate of drug-likeness (QED) is 0.760. The van der Waals surface area contributed by atoms with Gasteiger partial charge in [-0.3, -0.25) is 19.7 Å². The number of aromatic nitrogens is 1. The van der Waals surface area contributed by atoms with Crippen LogP contribution >= 0.6 is 11.3 Å². The van der Waals surface area contributed by atoms with Gasteiger partial charge in [-0.2, -0.15) is 0 Å². The number of carbonyl (C=O) groups excluding carboxylic acids is 3. The number of carbonyl (C=O) groups is 3. The Hall–Kier alpha value is -2.81. The highest BCUT2D eigenvalue weighted by Crippen LogP contribution is 2.23. The van der Waals surface area contributed by atoms with Crippen molar-refractivity contribution in [1.29, 1.82) is 0 Å². The zero-order valence-electron chi connectivity index (χ0n) is 17.1. The van der Waals surface area contributed by atoms with Crippen LogP contribution in [-0.4, -0.2) is 58.7 Å². The Balaban J connectivity index is 1.65. The molecule has 1 atom stereocenters. The van der Waals surface area contributed by atoms with Gasteiger partial charge in [0.2, 0.25) is 5.91 Å². The van der Waals surface area contributed by atoms with Crippen molar-refractivity contribution in [3.05, 3.63) is 46.7 Å². The van der Waals surface area contributed by atoms with Crippen molar-refractivity contribution in [2.75, 3.05) is 31.5 Å². The van der Waals surface area contributed by atoms with Crippen LogP contribution in [0.15, 0.2) is 29.6 Å². The molecule has 0 saturated carbocycles. The second-order valence-electron chi connectivity index (χ2n) is 7.07. The van der Waals surface area contributed by atoms with Gasteiger partial charge in [0.25, 0.3) is 11.8 Å². The lowest BCUT2D eigenvalue weighted by Gasteiger charge is -2.34. The summed E-state index contributed by atoms with van der Waals surface area (Å²) in [4.78, 5) is 45.4. The minimum atomic E-state index is -0.625. The van der Waals surface area contributed by atoms with Crippen LogP contribution in [0.1, 0.15) is 47.5 Å². The van der Waals surface area contributed by atoms with Crippen LogP contribution in [0.2, 0.25) is 0 Å². The number of rotatable bonds is 6. The van der Waals surface area contributed by atoms with Crippen molar-refractivity contribution < 1.29 is 18.8 Å². The molecule has 7 nitrogen and oxygen atoms in total. The number of hydrogen-bond donors (Lipinski definition) is 1. The zero-order chi connectivity index (χ0) is 21.7. The Morgan fingerprint density at radius 2 is 2.00 bits per heavy atom. The number of anilines is 1. The number of benzene rings is 1. The Morgan fingerprint density at radius 1 is 1.27 bits per heavy atom. The van der Waals surface area contributed by atoms with Crippen LogP contribution in [0.25, 0.3) is 0 Å². The Bertz CT molecular complexity index is 928. The topological polar surface area (TPSA) is 82.6 Å². The van der Waals surface area contributed by atoms with E-state index in [2.05, 4.69) is 10.3 Å². The minimum Gasteiger partial charge on any atom is -0.343 e. The van der Waals surface area contributed by atoms with E-state index >= 15 is 0 Å². The molecule has 1 aliphatic rings. The second-order valence-corrected chi connectivity index (χ2v) is 7.93. The van der Waals surface area contributed by atoms with Gasteiger partial charge >= 0.3 is 0 Å². The van der Waals surface area contributed by atoms with E-state index in [1.54, 1.807) is 21.2 Å². The van der Waals surface area contributed by atoms with E-state index in [4.69, 9.17) is 0 Å². The highest BCUT2D eigenvalue weighted by Gasteiger charge is 2.31. The number of nitrogens with one attached hydrogen (secondary N) is 1. The average molecular weight is 433 g/mol. The van der Waals surface area contributed by atoms with Crippen LogP contribution in [0, 0.1) is 11.7 Å². The molecule has 1 fully saturated rings. The van der Waals surface area contributed by atoms with Crippen molar-refractivity contribution in [1.82, 2.24) is 14.8 Å². The van der Waals surface area contributed by atoms with Gasteiger partial charge in [-0.15, -0.1) is 11.3 Å². The minimum absolute atomic E-state index is 0.0774. The number of piperidine rings is 1. The first-order chi connectivity index (χ1) is 14.4. The van der Waals surface area contributed by atoms with Crippen LogP contribution in [0.4, 0.5) is 9.52 Å². The number of amides is 3. The average Bonchev–Trinajstić information content (AvgIpc) is 3.22. The fraction of sp³-hybridized carbons (Fsp3) is 0.429. The maximum atomic E-state index is 13.8. The highest BCUT2D eigenvalue weighted by molar-refractivity contribution is 7.14. The number of likely N-dealkylation sites (tertiary alicyclic amines) is 1.